The molecule has 0 saturated carbocycles. The molecule has 1 unspecified atom stereocenters. The normalized spacial score (nSPS) is 15.2. The summed E-state index contributed by atoms with van der Waals surface area (Å²) in [4.78, 5) is 27.8. The van der Waals surface area contributed by atoms with Crippen LogP contribution < -0.4 is 10.6 Å². The van der Waals surface area contributed by atoms with Gasteiger partial charge in [0.15, 0.2) is 0 Å². The van der Waals surface area contributed by atoms with E-state index in [1.54, 1.807) is 29.2 Å². The van der Waals surface area contributed by atoms with E-state index in [1.807, 2.05) is 24.3 Å². The molecule has 29 heavy (non-hydrogen) atoms. The lowest BCUT2D eigenvalue weighted by molar-refractivity contribution is -0.126. The average molecular weight is 436 g/mol. The third-order valence-electron chi connectivity index (χ3n) is 4.94. The van der Waals surface area contributed by atoms with E-state index in [4.69, 9.17) is 11.6 Å². The second-order valence-electron chi connectivity index (χ2n) is 6.94. The minimum absolute atomic E-state index is 0. The van der Waals surface area contributed by atoms with Gasteiger partial charge in [0.1, 0.15) is 6.04 Å². The zero-order valence-corrected chi connectivity index (χ0v) is 18.1. The lowest BCUT2D eigenvalue weighted by Crippen LogP contribution is -2.53. The van der Waals surface area contributed by atoms with Gasteiger partial charge in [0.05, 0.1) is 10.6 Å². The van der Waals surface area contributed by atoms with Crippen LogP contribution in [0, 0.1) is 0 Å². The van der Waals surface area contributed by atoms with Crippen molar-refractivity contribution in [3.63, 3.8) is 0 Å². The number of fused-ring (bicyclic) bond motifs is 1. The summed E-state index contributed by atoms with van der Waals surface area (Å²) in [5.74, 6) is -0.349. The van der Waals surface area contributed by atoms with Crippen LogP contribution in [-0.4, -0.2) is 42.4 Å². The van der Waals surface area contributed by atoms with E-state index < -0.39 is 6.04 Å². The second-order valence-corrected chi connectivity index (χ2v) is 7.35. The van der Waals surface area contributed by atoms with Gasteiger partial charge in [-0.1, -0.05) is 54.9 Å². The van der Waals surface area contributed by atoms with Gasteiger partial charge in [-0.3, -0.25) is 9.59 Å². The monoisotopic (exact) mass is 435 g/mol. The molecular formula is C22H27Cl2N3O2. The molecule has 1 aliphatic rings. The van der Waals surface area contributed by atoms with Gasteiger partial charge in [-0.05, 0) is 36.2 Å². The standard InChI is InChI=1S/C22H26ClN3O2.ClH/c1-2-11-24-12-13-25-21(27)20-14-16-7-3-4-8-17(16)15-26(20)22(28)18-9-5-6-10-19(18)23;/h3-10,20,24H,2,11-15H2,1H3,(H,25,27);1H. The number of hydrogen-bond donors (Lipinski definition) is 2. The molecule has 0 spiro atoms. The average Bonchev–Trinajstić information content (AvgIpc) is 2.72. The first-order chi connectivity index (χ1) is 13.6. The molecule has 1 aliphatic heterocycles. The Labute approximate surface area is 183 Å². The highest BCUT2D eigenvalue weighted by Gasteiger charge is 2.35. The third-order valence-corrected chi connectivity index (χ3v) is 5.27. The zero-order valence-electron chi connectivity index (χ0n) is 16.5. The maximum Gasteiger partial charge on any atom is 0.256 e. The molecule has 3 rings (SSSR count). The van der Waals surface area contributed by atoms with Crippen LogP contribution in [0.1, 0.15) is 34.8 Å². The number of nitrogens with zero attached hydrogens (tertiary/aromatic N) is 1. The molecule has 2 aromatic carbocycles. The van der Waals surface area contributed by atoms with Crippen LogP contribution >= 0.6 is 24.0 Å². The Hall–Kier alpha value is -2.08. The first-order valence-electron chi connectivity index (χ1n) is 9.72. The van der Waals surface area contributed by atoms with Crippen LogP contribution in [-0.2, 0) is 17.8 Å². The van der Waals surface area contributed by atoms with E-state index in [0.717, 1.165) is 24.1 Å². The van der Waals surface area contributed by atoms with Crippen LogP contribution in [0.5, 0.6) is 0 Å². The highest BCUT2D eigenvalue weighted by molar-refractivity contribution is 6.33. The van der Waals surface area contributed by atoms with Crippen molar-refractivity contribution in [3.8, 4) is 0 Å². The lowest BCUT2D eigenvalue weighted by atomic mass is 9.92. The number of nitrogens with one attached hydrogen (secondary N) is 2. The second kappa shape index (κ2) is 11.2. The third kappa shape index (κ3) is 5.72. The molecule has 0 fully saturated rings. The summed E-state index contributed by atoms with van der Waals surface area (Å²) >= 11 is 6.24. The maximum absolute atomic E-state index is 13.2. The number of carbonyl (C=O) groups is 2. The number of hydrogen-bond acceptors (Lipinski definition) is 3. The first-order valence-corrected chi connectivity index (χ1v) is 10.1. The molecule has 0 aromatic heterocycles. The fourth-order valence-electron chi connectivity index (χ4n) is 3.45. The zero-order chi connectivity index (χ0) is 19.9. The van der Waals surface area contributed by atoms with Crippen LogP contribution in [0.25, 0.3) is 0 Å². The molecule has 1 atom stereocenters. The largest absolute Gasteiger partial charge is 0.353 e. The van der Waals surface area contributed by atoms with Crippen molar-refractivity contribution in [2.24, 2.45) is 0 Å². The summed E-state index contributed by atoms with van der Waals surface area (Å²) in [6.45, 7) is 4.66. The summed E-state index contributed by atoms with van der Waals surface area (Å²) in [7, 11) is 0. The molecule has 156 valence electrons. The summed E-state index contributed by atoms with van der Waals surface area (Å²) in [6.07, 6.45) is 1.55. The van der Waals surface area contributed by atoms with E-state index in [-0.39, 0.29) is 24.2 Å². The minimum atomic E-state index is -0.551. The van der Waals surface area contributed by atoms with Gasteiger partial charge in [-0.2, -0.15) is 0 Å². The molecule has 0 bridgehead atoms. The highest BCUT2D eigenvalue weighted by atomic mass is 35.5. The van der Waals surface area contributed by atoms with Crippen LogP contribution in [0.4, 0.5) is 0 Å². The highest BCUT2D eigenvalue weighted by Crippen LogP contribution is 2.27. The number of amides is 2. The number of benzene rings is 2. The summed E-state index contributed by atoms with van der Waals surface area (Å²) in [5.41, 5.74) is 2.59. The topological polar surface area (TPSA) is 61.4 Å². The number of rotatable bonds is 7. The molecule has 5 nitrogen and oxygen atoms in total. The molecule has 2 N–H and O–H groups in total. The predicted octanol–water partition coefficient (Wildman–Crippen LogP) is 3.44. The van der Waals surface area contributed by atoms with Crippen molar-refractivity contribution in [2.45, 2.75) is 32.4 Å². The van der Waals surface area contributed by atoms with Gasteiger partial charge in [0.2, 0.25) is 5.91 Å². The molecular weight excluding hydrogens is 409 g/mol. The Kier molecular flexibility index (Phi) is 8.96. The van der Waals surface area contributed by atoms with Crippen LogP contribution in [0.3, 0.4) is 0 Å². The van der Waals surface area contributed by atoms with Gasteiger partial charge < -0.3 is 15.5 Å². The van der Waals surface area contributed by atoms with Gasteiger partial charge in [-0.15, -0.1) is 12.4 Å². The summed E-state index contributed by atoms with van der Waals surface area (Å²) < 4.78 is 0. The number of carbonyl (C=O) groups excluding carboxylic acids is 2. The summed E-state index contributed by atoms with van der Waals surface area (Å²) in [6, 6.07) is 14.4. The van der Waals surface area contributed by atoms with Crippen molar-refractivity contribution in [1.82, 2.24) is 15.5 Å². The molecule has 1 heterocycles. The Morgan fingerprint density at radius 1 is 1.03 bits per heavy atom. The van der Waals surface area contributed by atoms with Gasteiger partial charge in [-0.25, -0.2) is 0 Å². The molecule has 2 aromatic rings. The Morgan fingerprint density at radius 2 is 1.72 bits per heavy atom. The fourth-order valence-corrected chi connectivity index (χ4v) is 3.67. The Bertz CT molecular complexity index is 844. The lowest BCUT2D eigenvalue weighted by Gasteiger charge is -2.36. The molecule has 0 saturated heterocycles. The quantitative estimate of drug-likeness (QED) is 0.654. The van der Waals surface area contributed by atoms with Gasteiger partial charge >= 0.3 is 0 Å². The number of halogens is 2. The molecule has 0 radical (unpaired) electrons. The van der Waals surface area contributed by atoms with Crippen molar-refractivity contribution in [1.29, 1.82) is 0 Å². The van der Waals surface area contributed by atoms with E-state index in [9.17, 15) is 9.59 Å². The van der Waals surface area contributed by atoms with Crippen molar-refractivity contribution >= 4 is 35.8 Å². The SMILES string of the molecule is CCCNCCNC(=O)C1Cc2ccccc2CN1C(=O)c1ccccc1Cl.Cl. The van der Waals surface area contributed by atoms with Gasteiger partial charge in [0, 0.05) is 26.1 Å². The predicted molar refractivity (Wildman–Crippen MR) is 119 cm³/mol. The maximum atomic E-state index is 13.2. The first kappa shape index (κ1) is 23.2. The Balaban J connectivity index is 0.00000300. The summed E-state index contributed by atoms with van der Waals surface area (Å²) in [5, 5.41) is 6.63. The van der Waals surface area contributed by atoms with Crippen LogP contribution in [0.2, 0.25) is 5.02 Å². The van der Waals surface area contributed by atoms with Crippen molar-refractivity contribution in [2.75, 3.05) is 19.6 Å². The molecule has 0 aliphatic carbocycles. The fraction of sp³-hybridized carbons (Fsp3) is 0.364. The van der Waals surface area contributed by atoms with Crippen molar-refractivity contribution in [3.05, 3.63) is 70.2 Å². The van der Waals surface area contributed by atoms with E-state index in [2.05, 4.69) is 17.6 Å². The van der Waals surface area contributed by atoms with E-state index >= 15 is 0 Å². The smallest absolute Gasteiger partial charge is 0.256 e. The molecule has 7 heteroatoms. The van der Waals surface area contributed by atoms with E-state index in [1.165, 1.54) is 0 Å². The van der Waals surface area contributed by atoms with Gasteiger partial charge in [0.25, 0.3) is 5.91 Å². The van der Waals surface area contributed by atoms with Crippen LogP contribution in [0.15, 0.2) is 48.5 Å². The molecule has 2 amide bonds. The minimum Gasteiger partial charge on any atom is -0.353 e. The van der Waals surface area contributed by atoms with Crippen molar-refractivity contribution < 1.29 is 9.59 Å². The van der Waals surface area contributed by atoms with E-state index in [0.29, 0.717) is 36.6 Å². The Morgan fingerprint density at radius 3 is 2.45 bits per heavy atom.